The van der Waals surface area contributed by atoms with Crippen LogP contribution in [0, 0.1) is 0 Å². The van der Waals surface area contributed by atoms with Crippen LogP contribution in [0.15, 0.2) is 36.4 Å². The van der Waals surface area contributed by atoms with E-state index >= 15 is 0 Å². The molecular formula is C23H27Cl4N3O4S. The van der Waals surface area contributed by atoms with E-state index in [2.05, 4.69) is 5.32 Å². The third-order valence-corrected chi connectivity index (χ3v) is 7.42. The van der Waals surface area contributed by atoms with Crippen LogP contribution in [0.4, 0.5) is 5.69 Å². The van der Waals surface area contributed by atoms with E-state index in [9.17, 15) is 18.0 Å². The van der Waals surface area contributed by atoms with Crippen molar-refractivity contribution < 1.29 is 18.0 Å². The predicted molar refractivity (Wildman–Crippen MR) is 143 cm³/mol. The van der Waals surface area contributed by atoms with Crippen LogP contribution in [-0.4, -0.2) is 49.5 Å². The monoisotopic (exact) mass is 581 g/mol. The lowest BCUT2D eigenvalue weighted by molar-refractivity contribution is -0.140. The van der Waals surface area contributed by atoms with Gasteiger partial charge in [0.15, 0.2) is 0 Å². The largest absolute Gasteiger partial charge is 0.350 e. The first-order valence-corrected chi connectivity index (χ1v) is 13.8. The van der Waals surface area contributed by atoms with Crippen molar-refractivity contribution in [3.63, 3.8) is 0 Å². The Morgan fingerprint density at radius 2 is 1.66 bits per heavy atom. The molecule has 0 unspecified atom stereocenters. The topological polar surface area (TPSA) is 86.8 Å². The number of nitrogens with one attached hydrogen (secondary N) is 1. The molecule has 12 heteroatoms. The number of carbonyl (C=O) groups excluding carboxylic acids is 2. The van der Waals surface area contributed by atoms with Crippen LogP contribution in [0.25, 0.3) is 0 Å². The van der Waals surface area contributed by atoms with Crippen molar-refractivity contribution in [2.24, 2.45) is 0 Å². The molecule has 0 heterocycles. The van der Waals surface area contributed by atoms with Gasteiger partial charge in [0.1, 0.15) is 12.6 Å². The number of hydrogen-bond acceptors (Lipinski definition) is 4. The molecule has 0 fully saturated rings. The third-order valence-electron chi connectivity index (χ3n) is 4.90. The molecule has 2 amide bonds. The second-order valence-corrected chi connectivity index (χ2v) is 12.6. The van der Waals surface area contributed by atoms with Gasteiger partial charge in [-0.3, -0.25) is 13.9 Å². The molecule has 0 aromatic heterocycles. The minimum atomic E-state index is -3.95. The number of rotatable bonds is 8. The molecule has 1 N–H and O–H groups in total. The van der Waals surface area contributed by atoms with Gasteiger partial charge in [0.25, 0.3) is 0 Å². The third kappa shape index (κ3) is 8.15. The molecule has 0 aliphatic rings. The summed E-state index contributed by atoms with van der Waals surface area (Å²) in [5.74, 6) is -1.06. The van der Waals surface area contributed by atoms with Crippen LogP contribution in [-0.2, 0) is 26.2 Å². The number of anilines is 1. The SMILES string of the molecule is C[C@@H](C(=O)NC(C)(C)C)N(Cc1ccc(Cl)cc1Cl)C(=O)CN(c1cccc(Cl)c1Cl)S(C)(=O)=O. The van der Waals surface area contributed by atoms with Gasteiger partial charge < -0.3 is 10.2 Å². The highest BCUT2D eigenvalue weighted by Gasteiger charge is 2.32. The Labute approximate surface area is 226 Å². The smallest absolute Gasteiger partial charge is 0.244 e. The van der Waals surface area contributed by atoms with E-state index in [1.54, 1.807) is 19.1 Å². The number of benzene rings is 2. The van der Waals surface area contributed by atoms with Crippen molar-refractivity contribution in [3.8, 4) is 0 Å². The van der Waals surface area contributed by atoms with Crippen LogP contribution in [0.5, 0.6) is 0 Å². The first kappa shape index (κ1) is 29.5. The van der Waals surface area contributed by atoms with Gasteiger partial charge in [0.2, 0.25) is 21.8 Å². The van der Waals surface area contributed by atoms with Crippen LogP contribution in [0.1, 0.15) is 33.3 Å². The molecule has 2 aromatic carbocycles. The minimum Gasteiger partial charge on any atom is -0.350 e. The highest BCUT2D eigenvalue weighted by molar-refractivity contribution is 7.92. The quantitative estimate of drug-likeness (QED) is 0.451. The Bertz CT molecular complexity index is 1220. The van der Waals surface area contributed by atoms with Gasteiger partial charge in [-0.1, -0.05) is 58.5 Å². The zero-order valence-electron chi connectivity index (χ0n) is 19.9. The van der Waals surface area contributed by atoms with E-state index in [1.165, 1.54) is 29.2 Å². The molecule has 0 saturated heterocycles. The first-order valence-electron chi connectivity index (χ1n) is 10.5. The number of halogens is 4. The van der Waals surface area contributed by atoms with Crippen molar-refractivity contribution in [2.45, 2.75) is 45.8 Å². The molecule has 35 heavy (non-hydrogen) atoms. The maximum absolute atomic E-state index is 13.6. The molecule has 0 aliphatic heterocycles. The molecule has 0 radical (unpaired) electrons. The van der Waals surface area contributed by atoms with E-state index in [0.29, 0.717) is 15.6 Å². The van der Waals surface area contributed by atoms with Crippen molar-refractivity contribution in [3.05, 3.63) is 62.1 Å². The van der Waals surface area contributed by atoms with Gasteiger partial charge in [-0.05, 0) is 57.5 Å². The minimum absolute atomic E-state index is 0.0155. The molecule has 2 rings (SSSR count). The Morgan fingerprint density at radius 1 is 1.03 bits per heavy atom. The summed E-state index contributed by atoms with van der Waals surface area (Å²) in [4.78, 5) is 27.8. The summed E-state index contributed by atoms with van der Waals surface area (Å²) in [6.45, 7) is 6.32. The summed E-state index contributed by atoms with van der Waals surface area (Å²) in [6.07, 6.45) is 0.952. The molecule has 0 spiro atoms. The van der Waals surface area contributed by atoms with Crippen molar-refractivity contribution >= 4 is 73.9 Å². The van der Waals surface area contributed by atoms with E-state index in [-0.39, 0.29) is 22.3 Å². The number of sulfonamides is 1. The number of nitrogens with zero attached hydrogens (tertiary/aromatic N) is 2. The van der Waals surface area contributed by atoms with E-state index in [1.807, 2.05) is 20.8 Å². The zero-order valence-corrected chi connectivity index (χ0v) is 23.7. The Morgan fingerprint density at radius 3 is 2.20 bits per heavy atom. The van der Waals surface area contributed by atoms with Gasteiger partial charge >= 0.3 is 0 Å². The van der Waals surface area contributed by atoms with Crippen LogP contribution >= 0.6 is 46.4 Å². The molecular weight excluding hydrogens is 556 g/mol. The summed E-state index contributed by atoms with van der Waals surface area (Å²) in [5.41, 5.74) is 0.0308. The predicted octanol–water partition coefficient (Wildman–Crippen LogP) is 5.40. The van der Waals surface area contributed by atoms with Crippen LogP contribution in [0.2, 0.25) is 20.1 Å². The normalized spacial score (nSPS) is 12.7. The van der Waals surface area contributed by atoms with E-state index in [4.69, 9.17) is 46.4 Å². The van der Waals surface area contributed by atoms with Crippen molar-refractivity contribution in [1.29, 1.82) is 0 Å². The van der Waals surface area contributed by atoms with Crippen molar-refractivity contribution in [1.82, 2.24) is 10.2 Å². The molecule has 1 atom stereocenters. The average molecular weight is 583 g/mol. The fourth-order valence-corrected chi connectivity index (χ4v) is 4.94. The van der Waals surface area contributed by atoms with Crippen LogP contribution < -0.4 is 9.62 Å². The summed E-state index contributed by atoms with van der Waals surface area (Å²) < 4.78 is 26.1. The van der Waals surface area contributed by atoms with Gasteiger partial charge in [0.05, 0.1) is 22.0 Å². The molecule has 0 saturated carbocycles. The van der Waals surface area contributed by atoms with Gasteiger partial charge in [-0.15, -0.1) is 0 Å². The lowest BCUT2D eigenvalue weighted by Gasteiger charge is -2.33. The molecule has 0 bridgehead atoms. The summed E-state index contributed by atoms with van der Waals surface area (Å²) in [7, 11) is -3.95. The molecule has 7 nitrogen and oxygen atoms in total. The second kappa shape index (κ2) is 11.6. The maximum atomic E-state index is 13.6. The van der Waals surface area contributed by atoms with Crippen LogP contribution in [0.3, 0.4) is 0 Å². The molecule has 2 aromatic rings. The summed E-state index contributed by atoms with van der Waals surface area (Å²) in [6, 6.07) is 8.29. The fraction of sp³-hybridized carbons (Fsp3) is 0.391. The average Bonchev–Trinajstić information content (AvgIpc) is 2.71. The standard InChI is InChI=1S/C23H27Cl4N3O4S/c1-14(22(32)28-23(2,3)4)29(12-15-9-10-16(24)11-18(15)26)20(31)13-30(35(5,33)34)19-8-6-7-17(25)21(19)27/h6-11,14H,12-13H2,1-5H3,(H,28,32)/t14-/m0/s1. The lowest BCUT2D eigenvalue weighted by Crippen LogP contribution is -2.54. The fourth-order valence-electron chi connectivity index (χ4n) is 3.17. The maximum Gasteiger partial charge on any atom is 0.244 e. The van der Waals surface area contributed by atoms with E-state index in [0.717, 1.165) is 10.6 Å². The zero-order chi connectivity index (χ0) is 26.7. The Hall–Kier alpha value is -1.71. The molecule has 0 aliphatic carbocycles. The number of amides is 2. The van der Waals surface area contributed by atoms with Gasteiger partial charge in [-0.2, -0.15) is 0 Å². The second-order valence-electron chi connectivity index (χ2n) is 9.02. The molecule has 192 valence electrons. The summed E-state index contributed by atoms with van der Waals surface area (Å²) >= 11 is 24.6. The van der Waals surface area contributed by atoms with Crippen molar-refractivity contribution in [2.75, 3.05) is 17.1 Å². The van der Waals surface area contributed by atoms with Gasteiger partial charge in [-0.25, -0.2) is 8.42 Å². The Kier molecular flexibility index (Phi) is 9.75. The first-order chi connectivity index (χ1) is 16.0. The number of hydrogen-bond donors (Lipinski definition) is 1. The Balaban J connectivity index is 2.49. The lowest BCUT2D eigenvalue weighted by atomic mass is 10.1. The summed E-state index contributed by atoms with van der Waals surface area (Å²) in [5, 5.41) is 3.67. The number of carbonyl (C=O) groups is 2. The highest BCUT2D eigenvalue weighted by Crippen LogP contribution is 2.34. The van der Waals surface area contributed by atoms with Gasteiger partial charge in [0, 0.05) is 22.1 Å². The highest BCUT2D eigenvalue weighted by atomic mass is 35.5. The van der Waals surface area contributed by atoms with E-state index < -0.39 is 40.0 Å².